The van der Waals surface area contributed by atoms with Gasteiger partial charge in [0.05, 0.1) is 0 Å². The lowest BCUT2D eigenvalue weighted by molar-refractivity contribution is 0.783. The van der Waals surface area contributed by atoms with Crippen LogP contribution in [-0.2, 0) is 0 Å². The van der Waals surface area contributed by atoms with E-state index in [1.54, 1.807) is 0 Å². The fourth-order valence-corrected chi connectivity index (χ4v) is 6.17. The summed E-state index contributed by atoms with van der Waals surface area (Å²) in [6, 6.07) is 43.9. The van der Waals surface area contributed by atoms with Gasteiger partial charge in [0.1, 0.15) is 0 Å². The molecule has 4 aromatic rings. The first kappa shape index (κ1) is 18.7. The van der Waals surface area contributed by atoms with Crippen molar-refractivity contribution in [2.24, 2.45) is 0 Å². The Kier molecular flexibility index (Phi) is 6.32. The van der Waals surface area contributed by atoms with Crippen molar-refractivity contribution in [1.82, 2.24) is 0 Å². The summed E-state index contributed by atoms with van der Waals surface area (Å²) < 4.78 is 0. The molecule has 0 heterocycles. The maximum absolute atomic E-state index is 2.29. The quantitative estimate of drug-likeness (QED) is 0.328. The molecule has 0 spiro atoms. The van der Waals surface area contributed by atoms with Gasteiger partial charge in [0.2, 0.25) is 0 Å². The third-order valence-electron chi connectivity index (χ3n) is 5.18. The van der Waals surface area contributed by atoms with Gasteiger partial charge in [-0.2, -0.15) is 0 Å². The zero-order valence-corrected chi connectivity index (χ0v) is 16.9. The van der Waals surface area contributed by atoms with Crippen molar-refractivity contribution in [2.75, 3.05) is 6.16 Å². The van der Waals surface area contributed by atoms with E-state index in [1.807, 2.05) is 0 Å². The molecule has 0 radical (unpaired) electrons. The second kappa shape index (κ2) is 9.49. The van der Waals surface area contributed by atoms with Crippen LogP contribution in [0, 0.1) is 0 Å². The summed E-state index contributed by atoms with van der Waals surface area (Å²) in [7, 11) is -0.364. The predicted molar refractivity (Wildman–Crippen MR) is 123 cm³/mol. The molecule has 0 unspecified atom stereocenters. The third kappa shape index (κ3) is 4.58. The average molecular weight is 380 g/mol. The summed E-state index contributed by atoms with van der Waals surface area (Å²) in [5.41, 5.74) is 2.81. The number of hydrogen-bond acceptors (Lipinski definition) is 0. The van der Waals surface area contributed by atoms with Gasteiger partial charge < -0.3 is 0 Å². The highest BCUT2D eigenvalue weighted by atomic mass is 31.1. The maximum Gasteiger partial charge on any atom is 0.00929 e. The van der Waals surface area contributed by atoms with Crippen molar-refractivity contribution in [2.45, 2.75) is 12.3 Å². The van der Waals surface area contributed by atoms with Crippen LogP contribution in [0.15, 0.2) is 121 Å². The Morgan fingerprint density at radius 2 is 0.821 bits per heavy atom. The van der Waals surface area contributed by atoms with Crippen LogP contribution in [0.25, 0.3) is 0 Å². The Hall–Kier alpha value is -2.69. The third-order valence-corrected chi connectivity index (χ3v) is 7.73. The molecular formula is C27H25P. The van der Waals surface area contributed by atoms with Crippen molar-refractivity contribution < 1.29 is 0 Å². The summed E-state index contributed by atoms with van der Waals surface area (Å²) in [5.74, 6) is 0.430. The van der Waals surface area contributed by atoms with E-state index in [0.29, 0.717) is 5.92 Å². The van der Waals surface area contributed by atoms with Crippen molar-refractivity contribution in [3.8, 4) is 0 Å². The maximum atomic E-state index is 2.29. The van der Waals surface area contributed by atoms with Gasteiger partial charge in [-0.1, -0.05) is 121 Å². The molecule has 0 N–H and O–H groups in total. The molecule has 4 aromatic carbocycles. The van der Waals surface area contributed by atoms with Gasteiger partial charge in [0.25, 0.3) is 0 Å². The minimum Gasteiger partial charge on any atom is -0.0622 e. The summed E-state index contributed by atoms with van der Waals surface area (Å²) in [6.45, 7) is 0. The van der Waals surface area contributed by atoms with Gasteiger partial charge in [0, 0.05) is 5.92 Å². The second-order valence-corrected chi connectivity index (χ2v) is 9.32. The number of rotatable bonds is 7. The van der Waals surface area contributed by atoms with Gasteiger partial charge in [-0.25, -0.2) is 0 Å². The van der Waals surface area contributed by atoms with Crippen LogP contribution in [0.2, 0.25) is 0 Å². The van der Waals surface area contributed by atoms with Gasteiger partial charge in [-0.15, -0.1) is 0 Å². The first-order valence-electron chi connectivity index (χ1n) is 9.89. The van der Waals surface area contributed by atoms with E-state index >= 15 is 0 Å². The van der Waals surface area contributed by atoms with Gasteiger partial charge in [0.15, 0.2) is 0 Å². The number of hydrogen-bond donors (Lipinski definition) is 0. The Bertz CT molecular complexity index is 788. The Morgan fingerprint density at radius 1 is 0.464 bits per heavy atom. The van der Waals surface area contributed by atoms with Crippen LogP contribution in [0.3, 0.4) is 0 Å². The summed E-state index contributed by atoms with van der Waals surface area (Å²) in [4.78, 5) is 0. The SMILES string of the molecule is c1ccc(C(CCP(c2ccccc2)c2ccccc2)c2ccccc2)cc1. The van der Waals surface area contributed by atoms with Crippen molar-refractivity contribution in [3.63, 3.8) is 0 Å². The van der Waals surface area contributed by atoms with Gasteiger partial charge in [-0.05, 0) is 42.2 Å². The van der Waals surface area contributed by atoms with Crippen molar-refractivity contribution >= 4 is 18.5 Å². The van der Waals surface area contributed by atoms with Crippen LogP contribution in [-0.4, -0.2) is 6.16 Å². The highest BCUT2D eigenvalue weighted by Crippen LogP contribution is 2.38. The first-order chi connectivity index (χ1) is 13.9. The molecule has 0 aliphatic rings. The highest BCUT2D eigenvalue weighted by molar-refractivity contribution is 7.73. The zero-order valence-electron chi connectivity index (χ0n) is 16.0. The topological polar surface area (TPSA) is 0 Å². The smallest absolute Gasteiger partial charge is 0.00929 e. The molecule has 1 heteroatoms. The van der Waals surface area contributed by atoms with Crippen molar-refractivity contribution in [1.29, 1.82) is 0 Å². The monoisotopic (exact) mass is 380 g/mol. The summed E-state index contributed by atoms with van der Waals surface area (Å²) in [5, 5.41) is 2.92. The van der Waals surface area contributed by atoms with E-state index < -0.39 is 0 Å². The minimum absolute atomic E-state index is 0.364. The van der Waals surface area contributed by atoms with E-state index in [1.165, 1.54) is 27.9 Å². The molecule has 0 atom stereocenters. The highest BCUT2D eigenvalue weighted by Gasteiger charge is 2.19. The van der Waals surface area contributed by atoms with E-state index in [9.17, 15) is 0 Å². The summed E-state index contributed by atoms with van der Waals surface area (Å²) >= 11 is 0. The molecule has 0 aliphatic carbocycles. The Morgan fingerprint density at radius 3 is 1.21 bits per heavy atom. The van der Waals surface area contributed by atoms with E-state index in [-0.39, 0.29) is 7.92 Å². The van der Waals surface area contributed by atoms with Crippen LogP contribution >= 0.6 is 7.92 Å². The van der Waals surface area contributed by atoms with Crippen LogP contribution in [0.1, 0.15) is 23.5 Å². The molecule has 0 amide bonds. The molecule has 0 bridgehead atoms. The van der Waals surface area contributed by atoms with Crippen LogP contribution in [0.4, 0.5) is 0 Å². The average Bonchev–Trinajstić information content (AvgIpc) is 2.79. The minimum atomic E-state index is -0.364. The summed E-state index contributed by atoms with van der Waals surface area (Å²) in [6.07, 6.45) is 2.32. The largest absolute Gasteiger partial charge is 0.0622 e. The van der Waals surface area contributed by atoms with Gasteiger partial charge >= 0.3 is 0 Å². The second-order valence-electron chi connectivity index (χ2n) is 6.99. The molecule has 0 saturated carbocycles. The fraction of sp³-hybridized carbons (Fsp3) is 0.111. The fourth-order valence-electron chi connectivity index (χ4n) is 3.78. The Labute approximate surface area is 169 Å². The molecule has 0 fully saturated rings. The predicted octanol–water partition coefficient (Wildman–Crippen LogP) is 6.34. The molecule has 138 valence electrons. The standard InChI is InChI=1S/C27H25P/c1-5-13-23(14-6-1)27(24-15-7-2-8-16-24)21-22-28(25-17-9-3-10-18-25)26-19-11-4-12-20-26/h1-20,27H,21-22H2. The van der Waals surface area contributed by atoms with E-state index in [0.717, 1.165) is 6.42 Å². The molecule has 4 rings (SSSR count). The van der Waals surface area contributed by atoms with Gasteiger partial charge in [-0.3, -0.25) is 0 Å². The zero-order chi connectivity index (χ0) is 19.0. The van der Waals surface area contributed by atoms with E-state index in [2.05, 4.69) is 121 Å². The molecule has 0 saturated heterocycles. The number of benzene rings is 4. The van der Waals surface area contributed by atoms with Crippen molar-refractivity contribution in [3.05, 3.63) is 132 Å². The molecule has 0 aromatic heterocycles. The lowest BCUT2D eigenvalue weighted by Crippen LogP contribution is -2.15. The molecular weight excluding hydrogens is 355 g/mol. The lowest BCUT2D eigenvalue weighted by Gasteiger charge is -2.23. The van der Waals surface area contributed by atoms with E-state index in [4.69, 9.17) is 0 Å². The Balaban J connectivity index is 1.64. The normalized spacial score (nSPS) is 11.1. The van der Waals surface area contributed by atoms with Crippen LogP contribution < -0.4 is 10.6 Å². The lowest BCUT2D eigenvalue weighted by atomic mass is 9.89. The van der Waals surface area contributed by atoms with Crippen LogP contribution in [0.5, 0.6) is 0 Å². The molecule has 0 aliphatic heterocycles. The first-order valence-corrected chi connectivity index (χ1v) is 11.4. The molecule has 0 nitrogen and oxygen atoms in total. The molecule has 28 heavy (non-hydrogen) atoms.